The third-order valence-corrected chi connectivity index (χ3v) is 7.08. The Morgan fingerprint density at radius 3 is 2.84 bits per heavy atom. The lowest BCUT2D eigenvalue weighted by atomic mass is 9.95. The maximum Gasteiger partial charge on any atom is 0.255 e. The van der Waals surface area contributed by atoms with E-state index >= 15 is 0 Å². The third kappa shape index (κ3) is 4.47. The molecule has 0 saturated carbocycles. The Labute approximate surface area is 184 Å². The zero-order valence-corrected chi connectivity index (χ0v) is 18.2. The number of rotatable bonds is 5. The first-order valence-electron chi connectivity index (χ1n) is 10.8. The van der Waals surface area contributed by atoms with Crippen LogP contribution in [-0.2, 0) is 30.8 Å². The molecular formula is C22H26N6O2S. The Kier molecular flexibility index (Phi) is 5.69. The van der Waals surface area contributed by atoms with Crippen molar-refractivity contribution in [3.05, 3.63) is 68.3 Å². The standard InChI is InChI=1S/C22H26N6O2S/c29-20(15-28-8-2-7-23-28)27-10-4-16(5-11-27)21-24-19-6-9-26(13-17-3-1-12-31-17)14-18(19)22(30)25-21/h1-3,7-8,12,16H,4-6,9-11,13-15H2,(H,24,25,30). The second kappa shape index (κ2) is 8.76. The van der Waals surface area contributed by atoms with Gasteiger partial charge < -0.3 is 9.88 Å². The highest BCUT2D eigenvalue weighted by molar-refractivity contribution is 7.09. The Balaban J connectivity index is 1.22. The van der Waals surface area contributed by atoms with Crippen LogP contribution in [0.15, 0.2) is 40.8 Å². The monoisotopic (exact) mass is 438 g/mol. The maximum atomic E-state index is 12.8. The summed E-state index contributed by atoms with van der Waals surface area (Å²) >= 11 is 1.75. The number of hydrogen-bond donors (Lipinski definition) is 1. The van der Waals surface area contributed by atoms with Crippen molar-refractivity contribution in [1.82, 2.24) is 29.5 Å². The smallest absolute Gasteiger partial charge is 0.255 e. The summed E-state index contributed by atoms with van der Waals surface area (Å²) in [6, 6.07) is 6.02. The fourth-order valence-corrected chi connectivity index (χ4v) is 5.23. The fourth-order valence-electron chi connectivity index (χ4n) is 4.49. The number of fused-ring (bicyclic) bond motifs is 1. The van der Waals surface area contributed by atoms with Gasteiger partial charge in [-0.05, 0) is 30.4 Å². The van der Waals surface area contributed by atoms with Crippen LogP contribution in [0.4, 0.5) is 0 Å². The van der Waals surface area contributed by atoms with Crippen molar-refractivity contribution in [2.75, 3.05) is 19.6 Å². The number of likely N-dealkylation sites (tertiary alicyclic amines) is 1. The lowest BCUT2D eigenvalue weighted by Gasteiger charge is -2.32. The largest absolute Gasteiger partial charge is 0.341 e. The number of aromatic nitrogens is 4. The van der Waals surface area contributed by atoms with E-state index in [9.17, 15) is 9.59 Å². The van der Waals surface area contributed by atoms with Gasteiger partial charge in [0.2, 0.25) is 5.91 Å². The van der Waals surface area contributed by atoms with Crippen molar-refractivity contribution in [3.63, 3.8) is 0 Å². The van der Waals surface area contributed by atoms with Crippen molar-refractivity contribution in [2.24, 2.45) is 0 Å². The van der Waals surface area contributed by atoms with Crippen LogP contribution >= 0.6 is 11.3 Å². The molecule has 1 N–H and O–H groups in total. The number of nitrogens with one attached hydrogen (secondary N) is 1. The van der Waals surface area contributed by atoms with Gasteiger partial charge in [0.05, 0.1) is 11.3 Å². The number of thiophene rings is 1. The molecule has 3 aromatic heterocycles. The SMILES string of the molecule is O=C(Cn1cccn1)N1CCC(c2nc3c(c(=O)[nH]2)CN(Cc2cccs2)CC3)CC1. The first kappa shape index (κ1) is 20.1. The first-order valence-corrected chi connectivity index (χ1v) is 11.7. The predicted octanol–water partition coefficient (Wildman–Crippen LogP) is 1.99. The zero-order valence-electron chi connectivity index (χ0n) is 17.4. The van der Waals surface area contributed by atoms with Crippen LogP contribution in [0.25, 0.3) is 0 Å². The van der Waals surface area contributed by atoms with E-state index in [0.717, 1.165) is 49.4 Å². The molecule has 2 aliphatic heterocycles. The molecule has 0 radical (unpaired) electrons. The van der Waals surface area contributed by atoms with Gasteiger partial charge in [0.25, 0.3) is 5.56 Å². The van der Waals surface area contributed by atoms with E-state index in [2.05, 4.69) is 32.5 Å². The summed E-state index contributed by atoms with van der Waals surface area (Å²) in [6.07, 6.45) is 5.92. The molecule has 0 aromatic carbocycles. The molecule has 1 amide bonds. The summed E-state index contributed by atoms with van der Waals surface area (Å²) in [5.41, 5.74) is 1.74. The predicted molar refractivity (Wildman–Crippen MR) is 118 cm³/mol. The third-order valence-electron chi connectivity index (χ3n) is 6.22. The number of hydrogen-bond acceptors (Lipinski definition) is 6. The molecule has 0 unspecified atom stereocenters. The minimum Gasteiger partial charge on any atom is -0.341 e. The molecular weight excluding hydrogens is 412 g/mol. The van der Waals surface area contributed by atoms with Crippen molar-refractivity contribution in [2.45, 2.75) is 44.8 Å². The van der Waals surface area contributed by atoms with Crippen LogP contribution in [0.3, 0.4) is 0 Å². The summed E-state index contributed by atoms with van der Waals surface area (Å²) in [5, 5.41) is 6.19. The second-order valence-corrected chi connectivity index (χ2v) is 9.31. The molecule has 9 heteroatoms. The molecule has 1 saturated heterocycles. The highest BCUT2D eigenvalue weighted by Gasteiger charge is 2.28. The molecule has 1 fully saturated rings. The summed E-state index contributed by atoms with van der Waals surface area (Å²) in [5.74, 6) is 1.06. The second-order valence-electron chi connectivity index (χ2n) is 8.28. The van der Waals surface area contributed by atoms with Crippen LogP contribution in [0, 0.1) is 0 Å². The molecule has 0 bridgehead atoms. The van der Waals surface area contributed by atoms with Crippen molar-refractivity contribution >= 4 is 17.2 Å². The van der Waals surface area contributed by atoms with Gasteiger partial charge in [0, 0.05) is 62.3 Å². The zero-order chi connectivity index (χ0) is 21.2. The molecule has 0 atom stereocenters. The summed E-state index contributed by atoms with van der Waals surface area (Å²) in [7, 11) is 0. The minimum atomic E-state index is -0.00642. The van der Waals surface area contributed by atoms with Crippen molar-refractivity contribution in [3.8, 4) is 0 Å². The van der Waals surface area contributed by atoms with Gasteiger partial charge in [-0.25, -0.2) is 4.98 Å². The van der Waals surface area contributed by atoms with Crippen LogP contribution in [0.2, 0.25) is 0 Å². The Morgan fingerprint density at radius 2 is 2.10 bits per heavy atom. The lowest BCUT2D eigenvalue weighted by molar-refractivity contribution is -0.133. The Morgan fingerprint density at radius 1 is 1.23 bits per heavy atom. The van der Waals surface area contributed by atoms with Gasteiger partial charge in [-0.1, -0.05) is 6.07 Å². The van der Waals surface area contributed by atoms with Crippen LogP contribution in [0.5, 0.6) is 0 Å². The van der Waals surface area contributed by atoms with Gasteiger partial charge in [0.15, 0.2) is 0 Å². The van der Waals surface area contributed by atoms with Crippen molar-refractivity contribution < 1.29 is 4.79 Å². The number of piperidine rings is 1. The normalized spacial score (nSPS) is 17.6. The topological polar surface area (TPSA) is 87.1 Å². The van der Waals surface area contributed by atoms with Crippen LogP contribution < -0.4 is 5.56 Å². The molecule has 162 valence electrons. The van der Waals surface area contributed by atoms with Crippen LogP contribution in [0.1, 0.15) is 40.7 Å². The van der Waals surface area contributed by atoms with Crippen LogP contribution in [-0.4, -0.2) is 55.1 Å². The number of H-pyrrole nitrogens is 1. The maximum absolute atomic E-state index is 12.8. The number of aromatic amines is 1. The summed E-state index contributed by atoms with van der Waals surface area (Å²) < 4.78 is 1.65. The van der Waals surface area contributed by atoms with Gasteiger partial charge >= 0.3 is 0 Å². The highest BCUT2D eigenvalue weighted by atomic mass is 32.1. The first-order chi connectivity index (χ1) is 15.2. The molecule has 5 rings (SSSR count). The van der Waals surface area contributed by atoms with E-state index in [1.165, 1.54) is 4.88 Å². The van der Waals surface area contributed by atoms with E-state index in [-0.39, 0.29) is 23.9 Å². The highest BCUT2D eigenvalue weighted by Crippen LogP contribution is 2.27. The average Bonchev–Trinajstić information content (AvgIpc) is 3.48. The van der Waals surface area contributed by atoms with E-state index in [1.54, 1.807) is 28.4 Å². The van der Waals surface area contributed by atoms with E-state index in [1.807, 2.05) is 11.0 Å². The van der Waals surface area contributed by atoms with Gasteiger partial charge in [-0.3, -0.25) is 19.2 Å². The quantitative estimate of drug-likeness (QED) is 0.658. The van der Waals surface area contributed by atoms with E-state index in [4.69, 9.17) is 4.98 Å². The number of carbonyl (C=O) groups excluding carboxylic acids is 1. The Bertz CT molecular complexity index is 1080. The van der Waals surface area contributed by atoms with Gasteiger partial charge in [-0.2, -0.15) is 5.10 Å². The number of amides is 1. The molecule has 31 heavy (non-hydrogen) atoms. The molecule has 5 heterocycles. The lowest BCUT2D eigenvalue weighted by Crippen LogP contribution is -2.41. The molecule has 3 aromatic rings. The average molecular weight is 439 g/mol. The van der Waals surface area contributed by atoms with E-state index < -0.39 is 0 Å². The molecule has 8 nitrogen and oxygen atoms in total. The fraction of sp³-hybridized carbons (Fsp3) is 0.455. The number of nitrogens with zero attached hydrogens (tertiary/aromatic N) is 5. The van der Waals surface area contributed by atoms with Gasteiger partial charge in [-0.15, -0.1) is 11.3 Å². The van der Waals surface area contributed by atoms with E-state index in [0.29, 0.717) is 19.6 Å². The van der Waals surface area contributed by atoms with Gasteiger partial charge in [0.1, 0.15) is 12.4 Å². The number of carbonyl (C=O) groups is 1. The molecule has 0 spiro atoms. The summed E-state index contributed by atoms with van der Waals surface area (Å²) in [6.45, 7) is 4.08. The minimum absolute atomic E-state index is 0.00642. The summed E-state index contributed by atoms with van der Waals surface area (Å²) in [4.78, 5) is 38.8. The Hall–Kier alpha value is -2.78. The van der Waals surface area contributed by atoms with Crippen molar-refractivity contribution in [1.29, 1.82) is 0 Å². The molecule has 0 aliphatic carbocycles. The molecule has 2 aliphatic rings.